The van der Waals surface area contributed by atoms with Gasteiger partial charge in [0.05, 0.1) is 11.7 Å². The molecular weight excluding hydrogens is 372 g/mol. The molecule has 3 rings (SSSR count). The zero-order valence-corrected chi connectivity index (χ0v) is 17.1. The van der Waals surface area contributed by atoms with E-state index in [1.165, 1.54) is 0 Å². The normalized spacial score (nSPS) is 16.7. The number of piperidine rings is 1. The third kappa shape index (κ3) is 5.82. The SMILES string of the molecule is CC(C)CC(=O)N[C@@H](c1ccccn1)C1CCN(Cc2cccc(F)c2F)CC1. The summed E-state index contributed by atoms with van der Waals surface area (Å²) in [5, 5.41) is 3.19. The van der Waals surface area contributed by atoms with Crippen molar-refractivity contribution < 1.29 is 13.6 Å². The monoisotopic (exact) mass is 401 g/mol. The molecule has 1 fully saturated rings. The van der Waals surface area contributed by atoms with Gasteiger partial charge in [0, 0.05) is 24.7 Å². The summed E-state index contributed by atoms with van der Waals surface area (Å²) in [5.74, 6) is -0.973. The van der Waals surface area contributed by atoms with Crippen molar-refractivity contribution in [2.24, 2.45) is 11.8 Å². The Morgan fingerprint density at radius 1 is 1.17 bits per heavy atom. The molecule has 0 spiro atoms. The Balaban J connectivity index is 1.65. The molecular formula is C23H29F2N3O. The number of amides is 1. The lowest BCUT2D eigenvalue weighted by atomic mass is 9.87. The van der Waals surface area contributed by atoms with Gasteiger partial charge in [-0.15, -0.1) is 0 Å². The average molecular weight is 402 g/mol. The van der Waals surface area contributed by atoms with E-state index in [1.54, 1.807) is 18.3 Å². The number of carbonyl (C=O) groups is 1. The molecule has 6 heteroatoms. The number of nitrogens with zero attached hydrogens (tertiary/aromatic N) is 2. The van der Waals surface area contributed by atoms with Gasteiger partial charge < -0.3 is 5.32 Å². The first-order valence-electron chi connectivity index (χ1n) is 10.3. The zero-order valence-electron chi connectivity index (χ0n) is 17.1. The predicted octanol–water partition coefficient (Wildman–Crippen LogP) is 4.48. The first-order valence-corrected chi connectivity index (χ1v) is 10.3. The summed E-state index contributed by atoms with van der Waals surface area (Å²) >= 11 is 0. The van der Waals surface area contributed by atoms with Crippen molar-refractivity contribution in [2.45, 2.75) is 45.7 Å². The van der Waals surface area contributed by atoms with Crippen molar-refractivity contribution in [3.63, 3.8) is 0 Å². The fourth-order valence-electron chi connectivity index (χ4n) is 3.95. The van der Waals surface area contributed by atoms with E-state index in [9.17, 15) is 13.6 Å². The highest BCUT2D eigenvalue weighted by atomic mass is 19.2. The zero-order chi connectivity index (χ0) is 20.8. The summed E-state index contributed by atoms with van der Waals surface area (Å²) in [6.45, 7) is 5.98. The summed E-state index contributed by atoms with van der Waals surface area (Å²) < 4.78 is 27.4. The lowest BCUT2D eigenvalue weighted by Crippen LogP contribution is -2.41. The molecule has 1 aliphatic rings. The van der Waals surface area contributed by atoms with Crippen LogP contribution in [-0.2, 0) is 11.3 Å². The van der Waals surface area contributed by atoms with Gasteiger partial charge >= 0.3 is 0 Å². The van der Waals surface area contributed by atoms with Crippen LogP contribution in [0.3, 0.4) is 0 Å². The Kier molecular flexibility index (Phi) is 7.31. The fourth-order valence-corrected chi connectivity index (χ4v) is 3.95. The molecule has 2 heterocycles. The van der Waals surface area contributed by atoms with E-state index in [0.29, 0.717) is 24.4 Å². The molecule has 156 valence electrons. The Labute approximate surface area is 171 Å². The molecule has 1 amide bonds. The fraction of sp³-hybridized carbons (Fsp3) is 0.478. The van der Waals surface area contributed by atoms with E-state index in [-0.39, 0.29) is 17.9 Å². The summed E-state index contributed by atoms with van der Waals surface area (Å²) in [5.41, 5.74) is 1.26. The number of hydrogen-bond donors (Lipinski definition) is 1. The summed E-state index contributed by atoms with van der Waals surface area (Å²) in [6, 6.07) is 9.95. The van der Waals surface area contributed by atoms with Gasteiger partial charge in [-0.25, -0.2) is 8.78 Å². The number of hydrogen-bond acceptors (Lipinski definition) is 3. The molecule has 1 aliphatic heterocycles. The Bertz CT molecular complexity index is 805. The van der Waals surface area contributed by atoms with Gasteiger partial charge in [-0.2, -0.15) is 0 Å². The molecule has 1 aromatic carbocycles. The second-order valence-electron chi connectivity index (χ2n) is 8.22. The lowest BCUT2D eigenvalue weighted by molar-refractivity contribution is -0.123. The Morgan fingerprint density at radius 3 is 2.59 bits per heavy atom. The lowest BCUT2D eigenvalue weighted by Gasteiger charge is -2.36. The number of nitrogens with one attached hydrogen (secondary N) is 1. The van der Waals surface area contributed by atoms with Crippen LogP contribution in [0.1, 0.15) is 50.4 Å². The number of aromatic nitrogens is 1. The summed E-state index contributed by atoms with van der Waals surface area (Å²) in [6.07, 6.45) is 3.96. The summed E-state index contributed by atoms with van der Waals surface area (Å²) in [7, 11) is 0. The molecule has 0 bridgehead atoms. The van der Waals surface area contributed by atoms with Crippen LogP contribution >= 0.6 is 0 Å². The minimum Gasteiger partial charge on any atom is -0.347 e. The number of benzene rings is 1. The average Bonchev–Trinajstić information content (AvgIpc) is 2.70. The molecule has 1 saturated heterocycles. The number of likely N-dealkylation sites (tertiary alicyclic amines) is 1. The van der Waals surface area contributed by atoms with Crippen LogP contribution in [0.4, 0.5) is 8.78 Å². The van der Waals surface area contributed by atoms with Crippen molar-refractivity contribution in [2.75, 3.05) is 13.1 Å². The number of carbonyl (C=O) groups excluding carboxylic acids is 1. The molecule has 4 nitrogen and oxygen atoms in total. The first-order chi connectivity index (χ1) is 13.9. The van der Waals surface area contributed by atoms with Gasteiger partial charge in [-0.3, -0.25) is 14.7 Å². The minimum atomic E-state index is -0.805. The molecule has 2 aromatic rings. The van der Waals surface area contributed by atoms with Crippen LogP contribution < -0.4 is 5.32 Å². The van der Waals surface area contributed by atoms with E-state index in [1.807, 2.05) is 32.0 Å². The first kappa shape index (κ1) is 21.4. The van der Waals surface area contributed by atoms with Gasteiger partial charge in [0.25, 0.3) is 0 Å². The quantitative estimate of drug-likeness (QED) is 0.744. The predicted molar refractivity (Wildman–Crippen MR) is 109 cm³/mol. The van der Waals surface area contributed by atoms with Crippen molar-refractivity contribution in [3.8, 4) is 0 Å². The maximum atomic E-state index is 14.0. The standard InChI is InChI=1S/C23H29F2N3O/c1-16(2)14-21(29)27-23(20-8-3-4-11-26-20)17-9-12-28(13-10-17)15-18-6-5-7-19(24)22(18)25/h3-8,11,16-17,23H,9-10,12-15H2,1-2H3,(H,27,29)/t23-/m1/s1. The maximum absolute atomic E-state index is 14.0. The van der Waals surface area contributed by atoms with E-state index in [2.05, 4.69) is 15.2 Å². The molecule has 0 unspecified atom stereocenters. The van der Waals surface area contributed by atoms with E-state index in [0.717, 1.165) is 37.7 Å². The summed E-state index contributed by atoms with van der Waals surface area (Å²) in [4.78, 5) is 19.0. The van der Waals surface area contributed by atoms with Gasteiger partial charge in [-0.1, -0.05) is 32.0 Å². The van der Waals surface area contributed by atoms with E-state index >= 15 is 0 Å². The highest BCUT2D eigenvalue weighted by Gasteiger charge is 2.30. The van der Waals surface area contributed by atoms with Crippen LogP contribution in [-0.4, -0.2) is 28.9 Å². The minimum absolute atomic E-state index is 0.0416. The van der Waals surface area contributed by atoms with Crippen molar-refractivity contribution >= 4 is 5.91 Å². The molecule has 1 N–H and O–H groups in total. The van der Waals surface area contributed by atoms with Gasteiger partial charge in [0.15, 0.2) is 11.6 Å². The molecule has 1 aromatic heterocycles. The molecule has 29 heavy (non-hydrogen) atoms. The second-order valence-corrected chi connectivity index (χ2v) is 8.22. The van der Waals surface area contributed by atoms with E-state index in [4.69, 9.17) is 0 Å². The Hall–Kier alpha value is -2.34. The van der Waals surface area contributed by atoms with Crippen LogP contribution in [0, 0.1) is 23.5 Å². The number of rotatable bonds is 7. The van der Waals surface area contributed by atoms with E-state index < -0.39 is 11.6 Å². The van der Waals surface area contributed by atoms with Crippen LogP contribution in [0.15, 0.2) is 42.6 Å². The van der Waals surface area contributed by atoms with Crippen LogP contribution in [0.25, 0.3) is 0 Å². The maximum Gasteiger partial charge on any atom is 0.220 e. The largest absolute Gasteiger partial charge is 0.347 e. The van der Waals surface area contributed by atoms with Crippen molar-refractivity contribution in [1.29, 1.82) is 0 Å². The highest BCUT2D eigenvalue weighted by Crippen LogP contribution is 2.31. The number of halogens is 2. The molecule has 0 radical (unpaired) electrons. The topological polar surface area (TPSA) is 45.2 Å². The third-order valence-corrected chi connectivity index (χ3v) is 5.45. The van der Waals surface area contributed by atoms with Crippen LogP contribution in [0.5, 0.6) is 0 Å². The second kappa shape index (κ2) is 9.92. The van der Waals surface area contributed by atoms with Crippen molar-refractivity contribution in [1.82, 2.24) is 15.2 Å². The molecule has 0 saturated carbocycles. The van der Waals surface area contributed by atoms with Crippen molar-refractivity contribution in [3.05, 3.63) is 65.5 Å². The van der Waals surface area contributed by atoms with Gasteiger partial charge in [-0.05, 0) is 56.0 Å². The Morgan fingerprint density at radius 2 is 1.93 bits per heavy atom. The smallest absolute Gasteiger partial charge is 0.220 e. The molecule has 1 atom stereocenters. The van der Waals surface area contributed by atoms with Gasteiger partial charge in [0.1, 0.15) is 0 Å². The van der Waals surface area contributed by atoms with Crippen LogP contribution in [0.2, 0.25) is 0 Å². The molecule has 0 aliphatic carbocycles. The highest BCUT2D eigenvalue weighted by molar-refractivity contribution is 5.76. The van der Waals surface area contributed by atoms with Gasteiger partial charge in [0.2, 0.25) is 5.91 Å². The third-order valence-electron chi connectivity index (χ3n) is 5.45. The number of pyridine rings is 1.